The molecule has 1 N–H and O–H groups in total. The average Bonchev–Trinajstić information content (AvgIpc) is 2.39. The molecule has 2 aromatic carbocycles. The van der Waals surface area contributed by atoms with E-state index in [1.807, 2.05) is 25.2 Å². The number of carbonyl (C=O) groups is 1. The summed E-state index contributed by atoms with van der Waals surface area (Å²) >= 11 is 6.10. The maximum absolute atomic E-state index is 11.1. The molecule has 0 radical (unpaired) electrons. The van der Waals surface area contributed by atoms with Gasteiger partial charge in [-0.15, -0.1) is 0 Å². The van der Waals surface area contributed by atoms with Gasteiger partial charge in [0.25, 0.3) is 0 Å². The van der Waals surface area contributed by atoms with E-state index in [0.717, 1.165) is 23.6 Å². The van der Waals surface area contributed by atoms with Gasteiger partial charge in [0.15, 0.2) is 6.29 Å². The molecule has 0 amide bonds. The number of rotatable bonds is 5. The van der Waals surface area contributed by atoms with E-state index < -0.39 is 0 Å². The number of halogens is 1. The zero-order valence-corrected chi connectivity index (χ0v) is 10.8. The molecule has 0 spiro atoms. The highest BCUT2D eigenvalue weighted by Gasteiger charge is 2.07. The monoisotopic (exact) mass is 263 g/mol. The predicted octanol–water partition coefficient (Wildman–Crippen LogP) is 2.90. The van der Waals surface area contributed by atoms with E-state index in [1.54, 1.807) is 12.1 Å². The van der Waals surface area contributed by atoms with E-state index >= 15 is 0 Å². The van der Waals surface area contributed by atoms with Crippen LogP contribution in [0.3, 0.4) is 0 Å². The molecular weight excluding hydrogens is 250 g/mol. The summed E-state index contributed by atoms with van der Waals surface area (Å²) in [5.41, 5.74) is 0.520. The van der Waals surface area contributed by atoms with Crippen LogP contribution in [0.4, 0.5) is 0 Å². The summed E-state index contributed by atoms with van der Waals surface area (Å²) in [5, 5.41) is 5.45. The summed E-state index contributed by atoms with van der Waals surface area (Å²) in [5.74, 6) is 0.593. The first kappa shape index (κ1) is 12.9. The predicted molar refractivity (Wildman–Crippen MR) is 73.8 cm³/mol. The van der Waals surface area contributed by atoms with Crippen LogP contribution in [0.25, 0.3) is 10.8 Å². The molecule has 2 aromatic rings. The van der Waals surface area contributed by atoms with Gasteiger partial charge in [0.1, 0.15) is 12.4 Å². The highest BCUT2D eigenvalue weighted by molar-refractivity contribution is 6.35. The van der Waals surface area contributed by atoms with Crippen molar-refractivity contribution in [3.8, 4) is 5.75 Å². The van der Waals surface area contributed by atoms with E-state index in [0.29, 0.717) is 22.9 Å². The lowest BCUT2D eigenvalue weighted by Gasteiger charge is -2.10. The van der Waals surface area contributed by atoms with Gasteiger partial charge in [0.2, 0.25) is 0 Å². The molecule has 0 aliphatic carbocycles. The Morgan fingerprint density at radius 1 is 1.39 bits per heavy atom. The van der Waals surface area contributed by atoms with Crippen molar-refractivity contribution in [3.63, 3.8) is 0 Å². The first-order chi connectivity index (χ1) is 8.76. The maximum atomic E-state index is 11.1. The Labute approximate surface area is 111 Å². The van der Waals surface area contributed by atoms with Crippen LogP contribution in [0.1, 0.15) is 10.4 Å². The Bertz CT molecular complexity index is 569. The molecule has 0 saturated heterocycles. The number of hydrogen-bond donors (Lipinski definition) is 1. The molecule has 18 heavy (non-hydrogen) atoms. The molecule has 0 saturated carbocycles. The summed E-state index contributed by atoms with van der Waals surface area (Å²) < 4.78 is 5.58. The summed E-state index contributed by atoms with van der Waals surface area (Å²) in [4.78, 5) is 11.1. The molecule has 0 unspecified atom stereocenters. The molecule has 0 fully saturated rings. The standard InChI is InChI=1S/C14H14ClNO2/c1-16-5-6-18-14-8-10-3-2-4-13(15)12(10)7-11(14)9-17/h2-4,7-9,16H,5-6H2,1H3. The SMILES string of the molecule is CNCCOc1cc2cccc(Cl)c2cc1C=O. The van der Waals surface area contributed by atoms with Gasteiger partial charge in [0.05, 0.1) is 5.56 Å². The number of ether oxygens (including phenoxy) is 1. The third-order valence-corrected chi connectivity index (χ3v) is 3.02. The van der Waals surface area contributed by atoms with Crippen molar-refractivity contribution >= 4 is 28.7 Å². The van der Waals surface area contributed by atoms with Crippen LogP contribution < -0.4 is 10.1 Å². The van der Waals surface area contributed by atoms with Crippen molar-refractivity contribution in [2.75, 3.05) is 20.2 Å². The van der Waals surface area contributed by atoms with Crippen LogP contribution in [0, 0.1) is 0 Å². The molecule has 0 heterocycles. The Morgan fingerprint density at radius 2 is 2.22 bits per heavy atom. The third kappa shape index (κ3) is 2.63. The Hall–Kier alpha value is -1.58. The largest absolute Gasteiger partial charge is 0.491 e. The van der Waals surface area contributed by atoms with Crippen LogP contribution in [-0.2, 0) is 0 Å². The van der Waals surface area contributed by atoms with E-state index in [-0.39, 0.29) is 0 Å². The zero-order chi connectivity index (χ0) is 13.0. The van der Waals surface area contributed by atoms with E-state index in [2.05, 4.69) is 5.32 Å². The van der Waals surface area contributed by atoms with Gasteiger partial charge in [-0.2, -0.15) is 0 Å². The molecule has 0 aliphatic heterocycles. The van der Waals surface area contributed by atoms with E-state index in [4.69, 9.17) is 16.3 Å². The number of fused-ring (bicyclic) bond motifs is 1. The number of nitrogens with one attached hydrogen (secondary N) is 1. The van der Waals surface area contributed by atoms with Crippen molar-refractivity contribution < 1.29 is 9.53 Å². The summed E-state index contributed by atoms with van der Waals surface area (Å²) in [6, 6.07) is 9.24. The van der Waals surface area contributed by atoms with Gasteiger partial charge < -0.3 is 10.1 Å². The normalized spacial score (nSPS) is 10.6. The minimum atomic E-state index is 0.517. The molecule has 2 rings (SSSR count). The first-order valence-corrected chi connectivity index (χ1v) is 6.09. The Balaban J connectivity index is 2.42. The molecule has 94 valence electrons. The summed E-state index contributed by atoms with van der Waals surface area (Å²) in [7, 11) is 1.85. The van der Waals surface area contributed by atoms with Gasteiger partial charge in [-0.25, -0.2) is 0 Å². The van der Waals surface area contributed by atoms with E-state index in [1.165, 1.54) is 0 Å². The van der Waals surface area contributed by atoms with Crippen LogP contribution in [0.5, 0.6) is 5.75 Å². The van der Waals surface area contributed by atoms with Crippen molar-refractivity contribution in [2.45, 2.75) is 0 Å². The third-order valence-electron chi connectivity index (χ3n) is 2.69. The second-order valence-corrected chi connectivity index (χ2v) is 4.33. The fourth-order valence-corrected chi connectivity index (χ4v) is 2.00. The van der Waals surface area contributed by atoms with Gasteiger partial charge in [-0.05, 0) is 30.6 Å². The van der Waals surface area contributed by atoms with Gasteiger partial charge in [-0.3, -0.25) is 4.79 Å². The molecule has 4 heteroatoms. The summed E-state index contributed by atoms with van der Waals surface area (Å²) in [6.07, 6.45) is 0.789. The highest BCUT2D eigenvalue weighted by Crippen LogP contribution is 2.29. The highest BCUT2D eigenvalue weighted by atomic mass is 35.5. The minimum Gasteiger partial charge on any atom is -0.491 e. The van der Waals surface area contributed by atoms with Crippen LogP contribution in [-0.4, -0.2) is 26.5 Å². The van der Waals surface area contributed by atoms with Crippen molar-refractivity contribution in [1.82, 2.24) is 5.32 Å². The van der Waals surface area contributed by atoms with Crippen molar-refractivity contribution in [3.05, 3.63) is 40.9 Å². The van der Waals surface area contributed by atoms with Crippen LogP contribution in [0.2, 0.25) is 5.02 Å². The lowest BCUT2D eigenvalue weighted by molar-refractivity contribution is 0.112. The average molecular weight is 264 g/mol. The van der Waals surface area contributed by atoms with Crippen molar-refractivity contribution in [1.29, 1.82) is 0 Å². The van der Waals surface area contributed by atoms with Crippen LogP contribution >= 0.6 is 11.6 Å². The van der Waals surface area contributed by atoms with Gasteiger partial charge in [-0.1, -0.05) is 23.7 Å². The Morgan fingerprint density at radius 3 is 2.94 bits per heavy atom. The lowest BCUT2D eigenvalue weighted by atomic mass is 10.1. The van der Waals surface area contributed by atoms with E-state index in [9.17, 15) is 4.79 Å². The number of hydrogen-bond acceptors (Lipinski definition) is 3. The topological polar surface area (TPSA) is 38.3 Å². The maximum Gasteiger partial charge on any atom is 0.153 e. The van der Waals surface area contributed by atoms with Gasteiger partial charge >= 0.3 is 0 Å². The molecule has 0 bridgehead atoms. The Kier molecular flexibility index (Phi) is 4.18. The van der Waals surface area contributed by atoms with Crippen LogP contribution in [0.15, 0.2) is 30.3 Å². The van der Waals surface area contributed by atoms with Gasteiger partial charge in [0, 0.05) is 17.0 Å². The zero-order valence-electron chi connectivity index (χ0n) is 10.1. The molecule has 0 aliphatic rings. The second kappa shape index (κ2) is 5.85. The van der Waals surface area contributed by atoms with Crippen molar-refractivity contribution in [2.24, 2.45) is 0 Å². The number of likely N-dealkylation sites (N-methyl/N-ethyl adjacent to an activating group) is 1. The fourth-order valence-electron chi connectivity index (χ4n) is 1.76. The fraction of sp³-hybridized carbons (Fsp3) is 0.214. The lowest BCUT2D eigenvalue weighted by Crippen LogP contribution is -2.16. The first-order valence-electron chi connectivity index (χ1n) is 5.71. The number of aldehydes is 1. The summed E-state index contributed by atoms with van der Waals surface area (Å²) in [6.45, 7) is 1.25. The number of carbonyl (C=O) groups excluding carboxylic acids is 1. The number of benzene rings is 2. The quantitative estimate of drug-likeness (QED) is 0.666. The molecule has 3 nitrogen and oxygen atoms in total. The molecule has 0 aromatic heterocycles. The molecular formula is C14H14ClNO2. The minimum absolute atomic E-state index is 0.517. The smallest absolute Gasteiger partial charge is 0.153 e. The second-order valence-electron chi connectivity index (χ2n) is 3.92. The molecule has 0 atom stereocenters.